The number of piperazine rings is 1. The molecule has 0 atom stereocenters. The summed E-state index contributed by atoms with van der Waals surface area (Å²) in [5.41, 5.74) is 1.32. The quantitative estimate of drug-likeness (QED) is 0.520. The van der Waals surface area contributed by atoms with Crippen LogP contribution in [0.25, 0.3) is 0 Å². The van der Waals surface area contributed by atoms with Crippen molar-refractivity contribution in [2.24, 2.45) is 4.99 Å². The van der Waals surface area contributed by atoms with Crippen LogP contribution in [0.5, 0.6) is 0 Å². The van der Waals surface area contributed by atoms with Gasteiger partial charge in [0.15, 0.2) is 5.96 Å². The van der Waals surface area contributed by atoms with E-state index in [4.69, 9.17) is 0 Å². The Hall–Kier alpha value is -1.36. The molecule has 0 amide bonds. The molecule has 0 radical (unpaired) electrons. The van der Waals surface area contributed by atoms with Gasteiger partial charge in [-0.05, 0) is 18.4 Å². The third kappa shape index (κ3) is 4.07. The minimum absolute atomic E-state index is 0.979. The van der Waals surface area contributed by atoms with Gasteiger partial charge in [0.2, 0.25) is 0 Å². The summed E-state index contributed by atoms with van der Waals surface area (Å²) in [4.78, 5) is 9.17. The summed E-state index contributed by atoms with van der Waals surface area (Å²) in [5.74, 6) is 2.15. The molecule has 4 nitrogen and oxygen atoms in total. The number of thioether (sulfide) groups is 1. The summed E-state index contributed by atoms with van der Waals surface area (Å²) < 4.78 is 0. The average molecular weight is 292 g/mol. The fraction of sp³-hybridized carbons (Fsp3) is 0.533. The lowest BCUT2D eigenvalue weighted by atomic mass is 10.2. The Bertz CT molecular complexity index is 413. The number of rotatable bonds is 4. The van der Waals surface area contributed by atoms with Crippen LogP contribution in [0.4, 0.5) is 5.69 Å². The van der Waals surface area contributed by atoms with Crippen molar-refractivity contribution < 1.29 is 0 Å². The lowest BCUT2D eigenvalue weighted by Crippen LogP contribution is -2.52. The Balaban J connectivity index is 1.84. The molecule has 5 heteroatoms. The Kier molecular flexibility index (Phi) is 6.05. The first-order valence-electron chi connectivity index (χ1n) is 7.09. The lowest BCUT2D eigenvalue weighted by Gasteiger charge is -2.37. The van der Waals surface area contributed by atoms with Crippen molar-refractivity contribution in [3.63, 3.8) is 0 Å². The van der Waals surface area contributed by atoms with E-state index in [-0.39, 0.29) is 0 Å². The second kappa shape index (κ2) is 8.04. The minimum Gasteiger partial charge on any atom is -0.368 e. The standard InChI is InChI=1S/C15H24N4S/c1-16-15(17-8-13-20-2)19-11-9-18(10-12-19)14-6-4-3-5-7-14/h3-7H,8-13H2,1-2H3,(H,16,17). The van der Waals surface area contributed by atoms with E-state index in [9.17, 15) is 0 Å². The highest BCUT2D eigenvalue weighted by atomic mass is 32.2. The van der Waals surface area contributed by atoms with Crippen molar-refractivity contribution in [2.45, 2.75) is 0 Å². The molecule has 0 aromatic heterocycles. The van der Waals surface area contributed by atoms with Crippen LogP contribution in [0, 0.1) is 0 Å². The summed E-state index contributed by atoms with van der Waals surface area (Å²) in [6.45, 7) is 5.12. The van der Waals surface area contributed by atoms with Crippen molar-refractivity contribution in [3.05, 3.63) is 30.3 Å². The maximum absolute atomic E-state index is 4.38. The number of aliphatic imine (C=N–C) groups is 1. The van der Waals surface area contributed by atoms with E-state index in [0.717, 1.165) is 44.4 Å². The maximum Gasteiger partial charge on any atom is 0.193 e. The Morgan fingerprint density at radius 2 is 1.90 bits per heavy atom. The molecular weight excluding hydrogens is 268 g/mol. The summed E-state index contributed by atoms with van der Waals surface area (Å²) in [6.07, 6.45) is 2.13. The maximum atomic E-state index is 4.38. The van der Waals surface area contributed by atoms with Gasteiger partial charge in [-0.1, -0.05) is 18.2 Å². The Morgan fingerprint density at radius 3 is 2.50 bits per heavy atom. The molecule has 110 valence electrons. The lowest BCUT2D eigenvalue weighted by molar-refractivity contribution is 0.373. The summed E-state index contributed by atoms with van der Waals surface area (Å²) in [5, 5.41) is 3.43. The van der Waals surface area contributed by atoms with Gasteiger partial charge in [0.1, 0.15) is 0 Å². The average Bonchev–Trinajstić information content (AvgIpc) is 2.53. The Morgan fingerprint density at radius 1 is 1.20 bits per heavy atom. The van der Waals surface area contributed by atoms with Gasteiger partial charge in [-0.2, -0.15) is 11.8 Å². The molecule has 1 aliphatic rings. The first-order chi connectivity index (χ1) is 9.85. The van der Waals surface area contributed by atoms with Gasteiger partial charge in [-0.15, -0.1) is 0 Å². The van der Waals surface area contributed by atoms with Crippen molar-refractivity contribution in [2.75, 3.05) is 56.7 Å². The van der Waals surface area contributed by atoms with Gasteiger partial charge in [-0.25, -0.2) is 0 Å². The van der Waals surface area contributed by atoms with E-state index in [1.54, 1.807) is 0 Å². The van der Waals surface area contributed by atoms with Gasteiger partial charge in [0.25, 0.3) is 0 Å². The smallest absolute Gasteiger partial charge is 0.193 e. The van der Waals surface area contributed by atoms with Gasteiger partial charge < -0.3 is 15.1 Å². The predicted octanol–water partition coefficient (Wildman–Crippen LogP) is 1.75. The molecule has 1 fully saturated rings. The number of nitrogens with zero attached hydrogens (tertiary/aromatic N) is 3. The van der Waals surface area contributed by atoms with Crippen LogP contribution in [-0.2, 0) is 0 Å². The molecule has 1 aromatic carbocycles. The number of hydrogen-bond acceptors (Lipinski definition) is 3. The van der Waals surface area contributed by atoms with Crippen LogP contribution in [-0.4, -0.2) is 62.6 Å². The molecule has 0 aliphatic carbocycles. The monoisotopic (exact) mass is 292 g/mol. The van der Waals surface area contributed by atoms with E-state index in [2.05, 4.69) is 56.7 Å². The molecule has 1 aliphatic heterocycles. The largest absolute Gasteiger partial charge is 0.368 e. The van der Waals surface area contributed by atoms with Crippen molar-refractivity contribution in [1.29, 1.82) is 0 Å². The number of nitrogens with one attached hydrogen (secondary N) is 1. The van der Waals surface area contributed by atoms with E-state index >= 15 is 0 Å². The fourth-order valence-electron chi connectivity index (χ4n) is 2.41. The first-order valence-corrected chi connectivity index (χ1v) is 8.49. The number of benzene rings is 1. The molecule has 0 unspecified atom stereocenters. The molecule has 1 N–H and O–H groups in total. The second-order valence-corrected chi connectivity index (χ2v) is 5.76. The van der Waals surface area contributed by atoms with E-state index in [1.165, 1.54) is 5.69 Å². The van der Waals surface area contributed by atoms with Crippen molar-refractivity contribution in [1.82, 2.24) is 10.2 Å². The normalized spacial score (nSPS) is 16.4. The highest BCUT2D eigenvalue weighted by Crippen LogP contribution is 2.15. The van der Waals surface area contributed by atoms with Crippen molar-refractivity contribution >= 4 is 23.4 Å². The molecule has 20 heavy (non-hydrogen) atoms. The zero-order valence-corrected chi connectivity index (χ0v) is 13.2. The van der Waals surface area contributed by atoms with E-state index in [1.807, 2.05) is 18.8 Å². The second-order valence-electron chi connectivity index (χ2n) is 4.78. The third-order valence-corrected chi connectivity index (χ3v) is 4.11. The zero-order valence-electron chi connectivity index (χ0n) is 12.4. The van der Waals surface area contributed by atoms with Crippen LogP contribution in [0.1, 0.15) is 0 Å². The summed E-state index contributed by atoms with van der Waals surface area (Å²) in [7, 11) is 1.87. The molecule has 0 saturated carbocycles. The fourth-order valence-corrected chi connectivity index (χ4v) is 2.72. The SMILES string of the molecule is CN=C(NCCSC)N1CCN(c2ccccc2)CC1. The van der Waals surface area contributed by atoms with Gasteiger partial charge in [0.05, 0.1) is 0 Å². The third-order valence-electron chi connectivity index (χ3n) is 3.50. The highest BCUT2D eigenvalue weighted by molar-refractivity contribution is 7.98. The van der Waals surface area contributed by atoms with Crippen LogP contribution in [0.2, 0.25) is 0 Å². The summed E-state index contributed by atoms with van der Waals surface area (Å²) >= 11 is 1.85. The molecule has 1 heterocycles. The molecule has 0 spiro atoms. The number of para-hydroxylation sites is 1. The number of guanidine groups is 1. The number of anilines is 1. The van der Waals surface area contributed by atoms with Crippen LogP contribution in [0.15, 0.2) is 35.3 Å². The highest BCUT2D eigenvalue weighted by Gasteiger charge is 2.19. The van der Waals surface area contributed by atoms with Crippen LogP contribution >= 0.6 is 11.8 Å². The Labute approximate surface area is 126 Å². The summed E-state index contributed by atoms with van der Waals surface area (Å²) in [6, 6.07) is 10.6. The van der Waals surface area contributed by atoms with E-state index in [0.29, 0.717) is 0 Å². The van der Waals surface area contributed by atoms with Crippen LogP contribution in [0.3, 0.4) is 0 Å². The van der Waals surface area contributed by atoms with E-state index < -0.39 is 0 Å². The first kappa shape index (κ1) is 15.0. The van der Waals surface area contributed by atoms with Gasteiger partial charge >= 0.3 is 0 Å². The predicted molar refractivity (Wildman–Crippen MR) is 90.0 cm³/mol. The molecule has 2 rings (SSSR count). The molecular formula is C15H24N4S. The molecule has 0 bridgehead atoms. The number of hydrogen-bond donors (Lipinski definition) is 1. The zero-order chi connectivity index (χ0) is 14.2. The molecule has 1 saturated heterocycles. The van der Waals surface area contributed by atoms with Crippen molar-refractivity contribution in [3.8, 4) is 0 Å². The van der Waals surface area contributed by atoms with Gasteiger partial charge in [0, 0.05) is 51.2 Å². The minimum atomic E-state index is 0.979. The van der Waals surface area contributed by atoms with Crippen LogP contribution < -0.4 is 10.2 Å². The van der Waals surface area contributed by atoms with Gasteiger partial charge in [-0.3, -0.25) is 4.99 Å². The topological polar surface area (TPSA) is 30.9 Å². The molecule has 1 aromatic rings.